The zero-order chi connectivity index (χ0) is 9.47. The Morgan fingerprint density at radius 3 is 2.85 bits per heavy atom. The van der Waals surface area contributed by atoms with Crippen LogP contribution in [-0.2, 0) is 6.42 Å². The van der Waals surface area contributed by atoms with Crippen LogP contribution < -0.4 is 0 Å². The molecule has 0 amide bonds. The lowest BCUT2D eigenvalue weighted by Gasteiger charge is -2.00. The molecule has 1 aliphatic heterocycles. The highest BCUT2D eigenvalue weighted by Gasteiger charge is 2.40. The molecule has 1 aromatic rings. The van der Waals surface area contributed by atoms with Crippen LogP contribution in [0.4, 0.5) is 0 Å². The molecule has 72 valence electrons. The highest BCUT2D eigenvalue weighted by atomic mass is 32.2. The Labute approximate surface area is 83.1 Å². The number of hydrogen-bond donors (Lipinski definition) is 0. The number of rotatable bonds is 3. The molecule has 0 saturated carbocycles. The van der Waals surface area contributed by atoms with E-state index in [0.717, 1.165) is 18.0 Å². The molecule has 0 aliphatic carbocycles. The molecule has 2 nitrogen and oxygen atoms in total. The van der Waals surface area contributed by atoms with Crippen LogP contribution in [0.3, 0.4) is 0 Å². The Morgan fingerprint density at radius 2 is 2.38 bits per heavy atom. The molecule has 0 radical (unpaired) electrons. The minimum Gasteiger partial charge on any atom is -0.449 e. The second kappa shape index (κ2) is 3.05. The summed E-state index contributed by atoms with van der Waals surface area (Å²) in [5, 5.41) is 0. The van der Waals surface area contributed by atoms with Crippen LogP contribution in [0.2, 0.25) is 0 Å². The van der Waals surface area contributed by atoms with Crippen molar-refractivity contribution < 1.29 is 4.42 Å². The fraction of sp³-hybridized carbons (Fsp3) is 0.700. The van der Waals surface area contributed by atoms with Gasteiger partial charge in [0.05, 0.1) is 5.69 Å². The van der Waals surface area contributed by atoms with Gasteiger partial charge in [0.15, 0.2) is 5.89 Å². The lowest BCUT2D eigenvalue weighted by atomic mass is 10.1. The average molecular weight is 197 g/mol. The molecule has 1 unspecified atom stereocenters. The number of nitrogens with zero attached hydrogens (tertiary/aromatic N) is 1. The van der Waals surface area contributed by atoms with E-state index < -0.39 is 0 Å². The van der Waals surface area contributed by atoms with E-state index in [-0.39, 0.29) is 0 Å². The molecular weight excluding hydrogens is 182 g/mol. The van der Waals surface area contributed by atoms with Gasteiger partial charge in [0.1, 0.15) is 6.26 Å². The minimum atomic E-state index is 0.416. The first-order valence-electron chi connectivity index (χ1n) is 4.67. The van der Waals surface area contributed by atoms with Crippen molar-refractivity contribution in [1.82, 2.24) is 4.98 Å². The number of oxazole rings is 1. The van der Waals surface area contributed by atoms with Gasteiger partial charge in [-0.2, -0.15) is 11.8 Å². The first-order valence-corrected chi connectivity index (χ1v) is 5.66. The van der Waals surface area contributed by atoms with Crippen LogP contribution in [0.25, 0.3) is 0 Å². The summed E-state index contributed by atoms with van der Waals surface area (Å²) in [6.45, 7) is 6.53. The maximum atomic E-state index is 5.42. The molecule has 0 bridgehead atoms. The molecular formula is C10H15NOS. The molecule has 1 aliphatic rings. The van der Waals surface area contributed by atoms with E-state index in [4.69, 9.17) is 4.42 Å². The van der Waals surface area contributed by atoms with Gasteiger partial charge < -0.3 is 4.42 Å². The van der Waals surface area contributed by atoms with Crippen molar-refractivity contribution in [2.24, 2.45) is 0 Å². The first kappa shape index (κ1) is 9.13. The second-order valence-corrected chi connectivity index (χ2v) is 5.80. The maximum absolute atomic E-state index is 5.42. The van der Waals surface area contributed by atoms with E-state index in [2.05, 4.69) is 25.8 Å². The molecule has 2 heterocycles. The van der Waals surface area contributed by atoms with E-state index in [9.17, 15) is 0 Å². The summed E-state index contributed by atoms with van der Waals surface area (Å²) in [4.78, 5) is 4.46. The van der Waals surface area contributed by atoms with E-state index in [1.165, 1.54) is 5.75 Å². The maximum Gasteiger partial charge on any atom is 0.195 e. The van der Waals surface area contributed by atoms with Gasteiger partial charge in [-0.1, -0.05) is 13.8 Å². The fourth-order valence-corrected chi connectivity index (χ4v) is 1.79. The summed E-state index contributed by atoms with van der Waals surface area (Å²) in [5.74, 6) is 2.61. The number of hydrogen-bond acceptors (Lipinski definition) is 3. The summed E-state index contributed by atoms with van der Waals surface area (Å²) >= 11 is 1.98. The molecule has 0 spiro atoms. The van der Waals surface area contributed by atoms with Crippen molar-refractivity contribution in [1.29, 1.82) is 0 Å². The Morgan fingerprint density at radius 1 is 1.69 bits per heavy atom. The molecule has 1 fully saturated rings. The van der Waals surface area contributed by atoms with Crippen molar-refractivity contribution in [3.63, 3.8) is 0 Å². The Kier molecular flexibility index (Phi) is 2.14. The molecule has 0 N–H and O–H groups in total. The Hall–Kier alpha value is -0.440. The van der Waals surface area contributed by atoms with Crippen LogP contribution in [0.15, 0.2) is 10.7 Å². The van der Waals surface area contributed by atoms with E-state index in [1.807, 2.05) is 11.8 Å². The van der Waals surface area contributed by atoms with Gasteiger partial charge in [0.25, 0.3) is 0 Å². The predicted molar refractivity (Wildman–Crippen MR) is 55.2 cm³/mol. The zero-order valence-electron chi connectivity index (χ0n) is 8.33. The smallest absolute Gasteiger partial charge is 0.195 e. The van der Waals surface area contributed by atoms with Gasteiger partial charge in [-0.05, 0) is 12.8 Å². The molecule has 2 rings (SSSR count). The molecule has 3 heteroatoms. The molecule has 1 atom stereocenters. The lowest BCUT2D eigenvalue weighted by molar-refractivity contribution is 0.481. The molecule has 1 aromatic heterocycles. The minimum absolute atomic E-state index is 0.416. The van der Waals surface area contributed by atoms with Gasteiger partial charge in [0.2, 0.25) is 0 Å². The number of thioether (sulfide) groups is 1. The van der Waals surface area contributed by atoms with Crippen LogP contribution in [0.5, 0.6) is 0 Å². The van der Waals surface area contributed by atoms with Gasteiger partial charge in [-0.3, -0.25) is 0 Å². The quantitative estimate of drug-likeness (QED) is 0.697. The normalized spacial score (nSPS) is 26.8. The van der Waals surface area contributed by atoms with Crippen LogP contribution >= 0.6 is 11.8 Å². The van der Waals surface area contributed by atoms with Crippen molar-refractivity contribution in [2.75, 3.05) is 5.75 Å². The molecule has 13 heavy (non-hydrogen) atoms. The van der Waals surface area contributed by atoms with Crippen LogP contribution in [0.1, 0.15) is 38.3 Å². The monoisotopic (exact) mass is 197 g/mol. The van der Waals surface area contributed by atoms with E-state index in [1.54, 1.807) is 6.26 Å². The zero-order valence-corrected chi connectivity index (χ0v) is 9.15. The van der Waals surface area contributed by atoms with Gasteiger partial charge in [-0.25, -0.2) is 4.98 Å². The molecule has 0 aromatic carbocycles. The van der Waals surface area contributed by atoms with Crippen molar-refractivity contribution >= 4 is 11.8 Å². The molecule has 1 saturated heterocycles. The third-order valence-electron chi connectivity index (χ3n) is 2.32. The highest BCUT2D eigenvalue weighted by molar-refractivity contribution is 8.07. The topological polar surface area (TPSA) is 26.0 Å². The largest absolute Gasteiger partial charge is 0.449 e. The first-order chi connectivity index (χ1) is 6.09. The summed E-state index contributed by atoms with van der Waals surface area (Å²) in [5.41, 5.74) is 1.07. The fourth-order valence-electron chi connectivity index (χ4n) is 1.22. The second-order valence-electron chi connectivity index (χ2n) is 4.24. The third-order valence-corrected chi connectivity index (χ3v) is 3.74. The highest BCUT2D eigenvalue weighted by Crippen LogP contribution is 2.46. The summed E-state index contributed by atoms with van der Waals surface area (Å²) < 4.78 is 5.83. The lowest BCUT2D eigenvalue weighted by Crippen LogP contribution is -2.07. The predicted octanol–water partition coefficient (Wildman–Crippen LogP) is 2.85. The Bertz CT molecular complexity index is 302. The van der Waals surface area contributed by atoms with Crippen LogP contribution in [0, 0.1) is 0 Å². The van der Waals surface area contributed by atoms with Crippen LogP contribution in [-0.4, -0.2) is 15.5 Å². The third kappa shape index (κ3) is 2.08. The van der Waals surface area contributed by atoms with E-state index >= 15 is 0 Å². The van der Waals surface area contributed by atoms with Gasteiger partial charge in [-0.15, -0.1) is 0 Å². The standard InChI is InChI=1S/C10H15NOS/c1-7(2)8-5-12-9(11-8)4-10(3)6-13-10/h5,7H,4,6H2,1-3H3. The van der Waals surface area contributed by atoms with Gasteiger partial charge in [0, 0.05) is 16.9 Å². The number of aromatic nitrogens is 1. The summed E-state index contributed by atoms with van der Waals surface area (Å²) in [6.07, 6.45) is 2.76. The van der Waals surface area contributed by atoms with Gasteiger partial charge >= 0.3 is 0 Å². The van der Waals surface area contributed by atoms with E-state index in [0.29, 0.717) is 10.7 Å². The van der Waals surface area contributed by atoms with Crippen molar-refractivity contribution in [3.8, 4) is 0 Å². The average Bonchev–Trinajstić information content (AvgIpc) is 2.62. The van der Waals surface area contributed by atoms with Crippen molar-refractivity contribution in [3.05, 3.63) is 17.8 Å². The van der Waals surface area contributed by atoms with Crippen molar-refractivity contribution in [2.45, 2.75) is 37.9 Å². The summed E-state index contributed by atoms with van der Waals surface area (Å²) in [6, 6.07) is 0. The SMILES string of the molecule is CC(C)c1coc(CC2(C)CS2)n1. The summed E-state index contributed by atoms with van der Waals surface area (Å²) in [7, 11) is 0. The Balaban J connectivity index is 2.05.